The molecule has 58 valence electrons. The summed E-state index contributed by atoms with van der Waals surface area (Å²) in [6.07, 6.45) is 0.507. The molecule has 2 atom stereocenters. The number of alkyl halides is 1. The summed E-state index contributed by atoms with van der Waals surface area (Å²) < 4.78 is 5.32. The number of rotatable bonds is 2. The van der Waals surface area contributed by atoms with E-state index < -0.39 is 0 Å². The van der Waals surface area contributed by atoms with E-state index in [-0.39, 0.29) is 12.2 Å². The predicted octanol–water partition coefficient (Wildman–Crippen LogP) is 2.37. The summed E-state index contributed by atoms with van der Waals surface area (Å²) >= 11 is 5.62. The summed E-state index contributed by atoms with van der Waals surface area (Å²) in [6.45, 7) is 0. The molecule has 0 radical (unpaired) electrons. The maximum atomic E-state index is 5.62. The fraction of sp³-hybridized carbons (Fsp3) is 0.333. The molecular weight excluding hydrogens is 160 g/mol. The molecule has 0 N–H and O–H groups in total. The molecule has 0 aromatic heterocycles. The predicted molar refractivity (Wildman–Crippen MR) is 44.8 cm³/mol. The molecule has 0 aliphatic carbocycles. The number of hydrogen-bond donors (Lipinski definition) is 0. The minimum absolute atomic E-state index is 0.249. The van der Waals surface area contributed by atoms with Gasteiger partial charge in [-0.15, -0.1) is 11.6 Å². The molecule has 0 amide bonds. The van der Waals surface area contributed by atoms with Crippen LogP contribution in [-0.4, -0.2) is 12.0 Å². The quantitative estimate of drug-likeness (QED) is 0.488. The minimum Gasteiger partial charge on any atom is -0.363 e. The van der Waals surface area contributed by atoms with Gasteiger partial charge in [0, 0.05) is 0 Å². The number of ether oxygens (including phenoxy) is 1. The van der Waals surface area contributed by atoms with Crippen LogP contribution in [0.1, 0.15) is 11.7 Å². The van der Waals surface area contributed by atoms with Crippen LogP contribution in [-0.2, 0) is 4.74 Å². The molecule has 0 saturated carbocycles. The summed E-state index contributed by atoms with van der Waals surface area (Å²) in [5, 5.41) is 0. The third-order valence-electron chi connectivity index (χ3n) is 1.86. The molecule has 2 heteroatoms. The summed E-state index contributed by atoms with van der Waals surface area (Å²) in [7, 11) is 0. The van der Waals surface area contributed by atoms with Crippen molar-refractivity contribution in [1.29, 1.82) is 0 Å². The van der Waals surface area contributed by atoms with Crippen LogP contribution in [0.3, 0.4) is 0 Å². The average molecular weight is 169 g/mol. The van der Waals surface area contributed by atoms with Crippen LogP contribution in [0.4, 0.5) is 0 Å². The van der Waals surface area contributed by atoms with Gasteiger partial charge in [0.1, 0.15) is 12.2 Å². The monoisotopic (exact) mass is 168 g/mol. The molecule has 0 bridgehead atoms. The molecule has 1 fully saturated rings. The number of benzene rings is 1. The Kier molecular flexibility index (Phi) is 1.84. The maximum Gasteiger partial charge on any atom is 0.110 e. The molecule has 1 heterocycles. The van der Waals surface area contributed by atoms with Gasteiger partial charge in [0.05, 0.1) is 5.88 Å². The minimum atomic E-state index is 0.249. The van der Waals surface area contributed by atoms with Gasteiger partial charge in [-0.05, 0) is 5.56 Å². The molecule has 11 heavy (non-hydrogen) atoms. The Bertz CT molecular complexity index is 235. The first-order valence-corrected chi connectivity index (χ1v) is 4.21. The van der Waals surface area contributed by atoms with Crippen molar-refractivity contribution in [3.63, 3.8) is 0 Å². The molecule has 1 aromatic carbocycles. The largest absolute Gasteiger partial charge is 0.363 e. The lowest BCUT2D eigenvalue weighted by Gasteiger charge is -1.91. The van der Waals surface area contributed by atoms with Gasteiger partial charge in [-0.25, -0.2) is 0 Å². The van der Waals surface area contributed by atoms with Crippen LogP contribution in [0.15, 0.2) is 30.3 Å². The fourth-order valence-electron chi connectivity index (χ4n) is 1.20. The second kappa shape index (κ2) is 2.84. The fourth-order valence-corrected chi connectivity index (χ4v) is 1.43. The first kappa shape index (κ1) is 7.14. The SMILES string of the molecule is ClC[C@H]1O[C@@H]1c1ccccc1. The average Bonchev–Trinajstić information content (AvgIpc) is 2.85. The Labute approximate surface area is 70.9 Å². The molecular formula is C9H9ClO. The Balaban J connectivity index is 2.09. The van der Waals surface area contributed by atoms with Crippen LogP contribution < -0.4 is 0 Å². The molecule has 1 aromatic rings. The summed E-state index contributed by atoms with van der Waals surface area (Å²) in [6, 6.07) is 10.2. The highest BCUT2D eigenvalue weighted by molar-refractivity contribution is 6.18. The zero-order chi connectivity index (χ0) is 7.68. The molecule has 0 spiro atoms. The van der Waals surface area contributed by atoms with Gasteiger partial charge in [0.25, 0.3) is 0 Å². The zero-order valence-electron chi connectivity index (χ0n) is 6.03. The summed E-state index contributed by atoms with van der Waals surface area (Å²) in [5.74, 6) is 0.597. The van der Waals surface area contributed by atoms with Crippen molar-refractivity contribution in [2.24, 2.45) is 0 Å². The third kappa shape index (κ3) is 1.39. The summed E-state index contributed by atoms with van der Waals surface area (Å²) in [4.78, 5) is 0. The van der Waals surface area contributed by atoms with E-state index in [0.717, 1.165) is 0 Å². The molecule has 1 aliphatic heterocycles. The van der Waals surface area contributed by atoms with E-state index >= 15 is 0 Å². The molecule has 1 nitrogen and oxygen atoms in total. The second-order valence-electron chi connectivity index (χ2n) is 2.66. The van der Waals surface area contributed by atoms with E-state index in [1.807, 2.05) is 18.2 Å². The molecule has 2 rings (SSSR count). The maximum absolute atomic E-state index is 5.62. The van der Waals surface area contributed by atoms with Crippen molar-refractivity contribution < 1.29 is 4.74 Å². The van der Waals surface area contributed by atoms with E-state index in [2.05, 4.69) is 12.1 Å². The topological polar surface area (TPSA) is 12.5 Å². The Hall–Kier alpha value is -0.530. The highest BCUT2D eigenvalue weighted by Gasteiger charge is 2.38. The lowest BCUT2D eigenvalue weighted by atomic mass is 10.1. The third-order valence-corrected chi connectivity index (χ3v) is 2.17. The zero-order valence-corrected chi connectivity index (χ0v) is 6.79. The van der Waals surface area contributed by atoms with Crippen LogP contribution in [0.5, 0.6) is 0 Å². The second-order valence-corrected chi connectivity index (χ2v) is 2.97. The first-order valence-electron chi connectivity index (χ1n) is 3.68. The smallest absolute Gasteiger partial charge is 0.110 e. The van der Waals surface area contributed by atoms with Gasteiger partial charge >= 0.3 is 0 Å². The van der Waals surface area contributed by atoms with E-state index in [1.165, 1.54) is 5.56 Å². The van der Waals surface area contributed by atoms with Crippen LogP contribution in [0.2, 0.25) is 0 Å². The lowest BCUT2D eigenvalue weighted by Crippen LogP contribution is -1.88. The first-order chi connectivity index (χ1) is 5.42. The van der Waals surface area contributed by atoms with Crippen molar-refractivity contribution in [2.45, 2.75) is 12.2 Å². The molecule has 1 aliphatic rings. The van der Waals surface area contributed by atoms with Gasteiger partial charge in [0.2, 0.25) is 0 Å². The van der Waals surface area contributed by atoms with Gasteiger partial charge in [-0.2, -0.15) is 0 Å². The molecule has 0 unspecified atom stereocenters. The van der Waals surface area contributed by atoms with Crippen molar-refractivity contribution in [3.05, 3.63) is 35.9 Å². The van der Waals surface area contributed by atoms with Crippen LogP contribution >= 0.6 is 11.6 Å². The standard InChI is InChI=1S/C9H9ClO/c10-6-8-9(11-8)7-4-2-1-3-5-7/h1-5,8-9H,6H2/t8-,9-/m1/s1. The van der Waals surface area contributed by atoms with E-state index in [1.54, 1.807) is 0 Å². The Morgan fingerprint density at radius 2 is 2.00 bits per heavy atom. The Morgan fingerprint density at radius 3 is 2.55 bits per heavy atom. The number of epoxide rings is 1. The van der Waals surface area contributed by atoms with Gasteiger partial charge in [-0.1, -0.05) is 30.3 Å². The lowest BCUT2D eigenvalue weighted by molar-refractivity contribution is 0.384. The van der Waals surface area contributed by atoms with Gasteiger partial charge in [0.15, 0.2) is 0 Å². The molecule has 1 saturated heterocycles. The number of halogens is 1. The normalized spacial score (nSPS) is 28.5. The van der Waals surface area contributed by atoms with Crippen molar-refractivity contribution >= 4 is 11.6 Å². The van der Waals surface area contributed by atoms with E-state index in [0.29, 0.717) is 5.88 Å². The highest BCUT2D eigenvalue weighted by atomic mass is 35.5. The van der Waals surface area contributed by atoms with Gasteiger partial charge < -0.3 is 4.74 Å². The van der Waals surface area contributed by atoms with E-state index in [9.17, 15) is 0 Å². The van der Waals surface area contributed by atoms with Crippen LogP contribution in [0, 0.1) is 0 Å². The number of hydrogen-bond acceptors (Lipinski definition) is 1. The van der Waals surface area contributed by atoms with Crippen molar-refractivity contribution in [3.8, 4) is 0 Å². The van der Waals surface area contributed by atoms with E-state index in [4.69, 9.17) is 16.3 Å². The van der Waals surface area contributed by atoms with Crippen molar-refractivity contribution in [2.75, 3.05) is 5.88 Å². The van der Waals surface area contributed by atoms with Gasteiger partial charge in [-0.3, -0.25) is 0 Å². The van der Waals surface area contributed by atoms with Crippen LogP contribution in [0.25, 0.3) is 0 Å². The Morgan fingerprint density at radius 1 is 1.27 bits per heavy atom. The highest BCUT2D eigenvalue weighted by Crippen LogP contribution is 2.38. The summed E-state index contributed by atoms with van der Waals surface area (Å²) in [5.41, 5.74) is 1.23. The van der Waals surface area contributed by atoms with Crippen molar-refractivity contribution in [1.82, 2.24) is 0 Å².